The first-order valence-electron chi connectivity index (χ1n) is 7.45. The smallest absolute Gasteiger partial charge is 0.258 e. The molecule has 5 heteroatoms. The largest absolute Gasteiger partial charge is 0.273 e. The van der Waals surface area contributed by atoms with Gasteiger partial charge in [0.2, 0.25) is 0 Å². The Bertz CT molecular complexity index is 521. The standard InChI is InChI=1S/C16H21BrClNO2/c1-10(2)11-4-6-15(18)13(7-11)8-12-3-5-14(17)9-16(12)19(20)21/h3,5,9-11,13,15H,4,6-8H2,1-2H3. The first-order chi connectivity index (χ1) is 9.88. The molecule has 0 radical (unpaired) electrons. The van der Waals surface area contributed by atoms with Crippen molar-refractivity contribution in [2.45, 2.75) is 44.9 Å². The van der Waals surface area contributed by atoms with Crippen LogP contribution in [0.4, 0.5) is 5.69 Å². The fraction of sp³-hybridized carbons (Fsp3) is 0.625. The molecule has 3 nitrogen and oxygen atoms in total. The van der Waals surface area contributed by atoms with Gasteiger partial charge in [-0.1, -0.05) is 35.8 Å². The molecular formula is C16H21BrClNO2. The van der Waals surface area contributed by atoms with Gasteiger partial charge in [0.25, 0.3) is 5.69 Å². The highest BCUT2D eigenvalue weighted by atomic mass is 79.9. The number of nitro benzene ring substituents is 1. The SMILES string of the molecule is CC(C)C1CCC(Cl)C(Cc2ccc(Br)cc2[N+](=O)[O-])C1. The number of halogens is 2. The first-order valence-corrected chi connectivity index (χ1v) is 8.68. The van der Waals surface area contributed by atoms with Crippen LogP contribution in [0.15, 0.2) is 22.7 Å². The van der Waals surface area contributed by atoms with E-state index in [1.54, 1.807) is 6.07 Å². The fourth-order valence-electron chi connectivity index (χ4n) is 3.24. The lowest BCUT2D eigenvalue weighted by Crippen LogP contribution is -2.29. The number of hydrogen-bond donors (Lipinski definition) is 0. The van der Waals surface area contributed by atoms with Crippen molar-refractivity contribution >= 4 is 33.2 Å². The van der Waals surface area contributed by atoms with E-state index in [0.29, 0.717) is 24.2 Å². The van der Waals surface area contributed by atoms with Gasteiger partial charge in [-0.2, -0.15) is 0 Å². The molecule has 0 aliphatic heterocycles. The summed E-state index contributed by atoms with van der Waals surface area (Å²) in [5.74, 6) is 1.66. The minimum absolute atomic E-state index is 0.128. The van der Waals surface area contributed by atoms with Crippen LogP contribution in [0, 0.1) is 27.9 Å². The summed E-state index contributed by atoms with van der Waals surface area (Å²) in [6.45, 7) is 4.50. The van der Waals surface area contributed by atoms with Crippen LogP contribution in [0.5, 0.6) is 0 Å². The zero-order chi connectivity index (χ0) is 15.6. The third kappa shape index (κ3) is 4.19. The van der Waals surface area contributed by atoms with Crippen molar-refractivity contribution in [1.82, 2.24) is 0 Å². The third-order valence-corrected chi connectivity index (χ3v) is 5.67. The van der Waals surface area contributed by atoms with Crippen molar-refractivity contribution < 1.29 is 4.92 Å². The molecule has 2 rings (SSSR count). The summed E-state index contributed by atoms with van der Waals surface area (Å²) in [6.07, 6.45) is 3.95. The van der Waals surface area contributed by atoms with Gasteiger partial charge in [-0.15, -0.1) is 11.6 Å². The molecule has 1 saturated carbocycles. The predicted molar refractivity (Wildman–Crippen MR) is 89.8 cm³/mol. The summed E-state index contributed by atoms with van der Waals surface area (Å²) in [5.41, 5.74) is 0.989. The van der Waals surface area contributed by atoms with Crippen LogP contribution in [0.1, 0.15) is 38.7 Å². The van der Waals surface area contributed by atoms with E-state index in [1.807, 2.05) is 12.1 Å². The predicted octanol–water partition coefficient (Wildman–Crippen LogP) is 5.58. The average Bonchev–Trinajstić information content (AvgIpc) is 2.42. The van der Waals surface area contributed by atoms with E-state index in [1.165, 1.54) is 6.42 Å². The molecule has 3 atom stereocenters. The van der Waals surface area contributed by atoms with Gasteiger partial charge in [-0.25, -0.2) is 0 Å². The van der Waals surface area contributed by atoms with E-state index in [4.69, 9.17) is 11.6 Å². The van der Waals surface area contributed by atoms with Gasteiger partial charge in [0, 0.05) is 21.5 Å². The van der Waals surface area contributed by atoms with Gasteiger partial charge in [0.05, 0.1) is 4.92 Å². The highest BCUT2D eigenvalue weighted by Gasteiger charge is 2.32. The van der Waals surface area contributed by atoms with Crippen molar-refractivity contribution in [3.8, 4) is 0 Å². The number of rotatable bonds is 4. The molecule has 1 aliphatic rings. The molecule has 0 N–H and O–H groups in total. The van der Waals surface area contributed by atoms with E-state index >= 15 is 0 Å². The molecule has 0 aromatic heterocycles. The topological polar surface area (TPSA) is 43.1 Å². The molecule has 1 aromatic rings. The number of hydrogen-bond acceptors (Lipinski definition) is 2. The Morgan fingerprint density at radius 2 is 2.14 bits per heavy atom. The molecule has 1 aliphatic carbocycles. The molecule has 0 amide bonds. The van der Waals surface area contributed by atoms with Crippen LogP contribution < -0.4 is 0 Å². The zero-order valence-corrected chi connectivity index (χ0v) is 14.7. The van der Waals surface area contributed by atoms with Crippen LogP contribution in [-0.2, 0) is 6.42 Å². The minimum Gasteiger partial charge on any atom is -0.258 e. The Kier molecular flexibility index (Phi) is 5.67. The molecule has 21 heavy (non-hydrogen) atoms. The molecule has 0 saturated heterocycles. The fourth-order valence-corrected chi connectivity index (χ4v) is 3.91. The monoisotopic (exact) mass is 373 g/mol. The Balaban J connectivity index is 2.18. The molecule has 0 heterocycles. The van der Waals surface area contributed by atoms with Crippen LogP contribution in [0.2, 0.25) is 0 Å². The van der Waals surface area contributed by atoms with Gasteiger partial charge in [0.15, 0.2) is 0 Å². The lowest BCUT2D eigenvalue weighted by molar-refractivity contribution is -0.385. The Morgan fingerprint density at radius 1 is 1.43 bits per heavy atom. The lowest BCUT2D eigenvalue weighted by atomic mass is 9.74. The Morgan fingerprint density at radius 3 is 2.76 bits per heavy atom. The van der Waals surface area contributed by atoms with Gasteiger partial charge >= 0.3 is 0 Å². The van der Waals surface area contributed by atoms with E-state index in [-0.39, 0.29) is 16.0 Å². The van der Waals surface area contributed by atoms with Gasteiger partial charge in [0.1, 0.15) is 0 Å². The zero-order valence-electron chi connectivity index (χ0n) is 12.4. The lowest BCUT2D eigenvalue weighted by Gasteiger charge is -2.35. The van der Waals surface area contributed by atoms with Gasteiger partial charge in [-0.05, 0) is 49.5 Å². The van der Waals surface area contributed by atoms with Crippen molar-refractivity contribution in [3.63, 3.8) is 0 Å². The Labute approximate surface area is 139 Å². The number of alkyl halides is 1. The number of nitro groups is 1. The second-order valence-electron chi connectivity index (χ2n) is 6.33. The second-order valence-corrected chi connectivity index (χ2v) is 7.80. The molecule has 116 valence electrons. The molecule has 0 bridgehead atoms. The molecule has 0 spiro atoms. The highest BCUT2D eigenvalue weighted by Crippen LogP contribution is 2.39. The van der Waals surface area contributed by atoms with E-state index in [0.717, 1.165) is 22.9 Å². The summed E-state index contributed by atoms with van der Waals surface area (Å²) >= 11 is 9.79. The highest BCUT2D eigenvalue weighted by molar-refractivity contribution is 9.10. The van der Waals surface area contributed by atoms with Crippen molar-refractivity contribution in [1.29, 1.82) is 0 Å². The van der Waals surface area contributed by atoms with Crippen molar-refractivity contribution in [3.05, 3.63) is 38.3 Å². The average molecular weight is 375 g/mol. The maximum absolute atomic E-state index is 11.2. The quantitative estimate of drug-likeness (QED) is 0.392. The maximum Gasteiger partial charge on any atom is 0.273 e. The summed E-state index contributed by atoms with van der Waals surface area (Å²) in [7, 11) is 0. The summed E-state index contributed by atoms with van der Waals surface area (Å²) in [5, 5.41) is 11.3. The number of benzene rings is 1. The van der Waals surface area contributed by atoms with Crippen LogP contribution in [0.25, 0.3) is 0 Å². The van der Waals surface area contributed by atoms with Gasteiger partial charge < -0.3 is 0 Å². The molecule has 3 unspecified atom stereocenters. The van der Waals surface area contributed by atoms with Crippen LogP contribution in [-0.4, -0.2) is 10.3 Å². The minimum atomic E-state index is -0.300. The van der Waals surface area contributed by atoms with Gasteiger partial charge in [-0.3, -0.25) is 10.1 Å². The summed E-state index contributed by atoms with van der Waals surface area (Å²) in [6, 6.07) is 5.31. The van der Waals surface area contributed by atoms with Crippen molar-refractivity contribution in [2.75, 3.05) is 0 Å². The molecule has 1 fully saturated rings. The summed E-state index contributed by atoms with van der Waals surface area (Å²) in [4.78, 5) is 10.9. The molecular weight excluding hydrogens is 354 g/mol. The third-order valence-electron chi connectivity index (χ3n) is 4.60. The van der Waals surface area contributed by atoms with Crippen LogP contribution >= 0.6 is 27.5 Å². The van der Waals surface area contributed by atoms with E-state index in [2.05, 4.69) is 29.8 Å². The van der Waals surface area contributed by atoms with Crippen molar-refractivity contribution in [2.24, 2.45) is 17.8 Å². The maximum atomic E-state index is 11.2. The number of nitrogens with zero attached hydrogens (tertiary/aromatic N) is 1. The molecule has 1 aromatic carbocycles. The van der Waals surface area contributed by atoms with E-state index < -0.39 is 0 Å². The first kappa shape index (κ1) is 16.8. The normalized spacial score (nSPS) is 26.0. The Hall–Kier alpha value is -0.610. The van der Waals surface area contributed by atoms with Crippen LogP contribution in [0.3, 0.4) is 0 Å². The second kappa shape index (κ2) is 7.10. The summed E-state index contributed by atoms with van der Waals surface area (Å²) < 4.78 is 0.740. The van der Waals surface area contributed by atoms with E-state index in [9.17, 15) is 10.1 Å².